The van der Waals surface area contributed by atoms with Crippen molar-refractivity contribution in [2.75, 3.05) is 0 Å². The molecule has 1 aliphatic carbocycles. The molecule has 7 nitrogen and oxygen atoms in total. The van der Waals surface area contributed by atoms with Crippen LogP contribution >= 0.6 is 0 Å². The third kappa shape index (κ3) is 2.04. The van der Waals surface area contributed by atoms with Crippen molar-refractivity contribution < 1.29 is 8.94 Å². The van der Waals surface area contributed by atoms with Gasteiger partial charge < -0.3 is 8.94 Å². The van der Waals surface area contributed by atoms with Crippen molar-refractivity contribution in [2.45, 2.75) is 33.1 Å². The SMILES string of the molecule is Cc1nn(C)cc1-c1nnc(-c2noc3c2CC(C)CC3)o1. The van der Waals surface area contributed by atoms with E-state index in [9.17, 15) is 0 Å². The average Bonchev–Trinajstić information content (AvgIpc) is 3.16. The highest BCUT2D eigenvalue weighted by Gasteiger charge is 2.27. The molecule has 3 heterocycles. The molecule has 1 atom stereocenters. The molecule has 0 fully saturated rings. The molecule has 0 saturated heterocycles. The Balaban J connectivity index is 1.73. The van der Waals surface area contributed by atoms with Gasteiger partial charge in [-0.3, -0.25) is 4.68 Å². The predicted molar refractivity (Wildman–Crippen MR) is 77.9 cm³/mol. The maximum atomic E-state index is 5.81. The average molecular weight is 299 g/mol. The highest BCUT2D eigenvalue weighted by atomic mass is 16.5. The minimum atomic E-state index is 0.414. The van der Waals surface area contributed by atoms with E-state index in [-0.39, 0.29) is 0 Å². The molecule has 22 heavy (non-hydrogen) atoms. The van der Waals surface area contributed by atoms with E-state index in [2.05, 4.69) is 27.4 Å². The van der Waals surface area contributed by atoms with E-state index < -0.39 is 0 Å². The van der Waals surface area contributed by atoms with Gasteiger partial charge in [0.15, 0.2) is 5.69 Å². The Kier molecular flexibility index (Phi) is 2.88. The van der Waals surface area contributed by atoms with Crippen molar-refractivity contribution in [3.63, 3.8) is 0 Å². The van der Waals surface area contributed by atoms with Crippen molar-refractivity contribution >= 4 is 0 Å². The molecule has 0 radical (unpaired) electrons. The number of hydrogen-bond donors (Lipinski definition) is 0. The lowest BCUT2D eigenvalue weighted by Crippen LogP contribution is -2.09. The van der Waals surface area contributed by atoms with Crippen molar-refractivity contribution in [3.8, 4) is 23.0 Å². The van der Waals surface area contributed by atoms with E-state index in [1.165, 1.54) is 0 Å². The molecule has 0 spiro atoms. The van der Waals surface area contributed by atoms with E-state index >= 15 is 0 Å². The van der Waals surface area contributed by atoms with Crippen LogP contribution in [-0.2, 0) is 19.9 Å². The van der Waals surface area contributed by atoms with E-state index in [4.69, 9.17) is 8.94 Å². The Morgan fingerprint density at radius 1 is 1.27 bits per heavy atom. The molecule has 0 aromatic carbocycles. The predicted octanol–water partition coefficient (Wildman–Crippen LogP) is 2.56. The van der Waals surface area contributed by atoms with Gasteiger partial charge in [0.05, 0.1) is 11.3 Å². The number of nitrogens with zero attached hydrogens (tertiary/aromatic N) is 5. The normalized spacial score (nSPS) is 17.7. The minimum Gasteiger partial charge on any atom is -0.414 e. The molecular weight excluding hydrogens is 282 g/mol. The number of aromatic nitrogens is 5. The lowest BCUT2D eigenvalue weighted by atomic mass is 9.88. The first-order chi connectivity index (χ1) is 10.6. The second-order valence-corrected chi connectivity index (χ2v) is 6.00. The molecule has 1 aliphatic rings. The molecule has 0 bridgehead atoms. The molecule has 0 aliphatic heterocycles. The summed E-state index contributed by atoms with van der Waals surface area (Å²) in [6, 6.07) is 0. The molecule has 0 N–H and O–H groups in total. The largest absolute Gasteiger partial charge is 0.414 e. The van der Waals surface area contributed by atoms with Crippen LogP contribution in [0.3, 0.4) is 0 Å². The van der Waals surface area contributed by atoms with Crippen LogP contribution in [0.25, 0.3) is 23.0 Å². The van der Waals surface area contributed by atoms with Crippen molar-refractivity contribution in [3.05, 3.63) is 23.2 Å². The van der Waals surface area contributed by atoms with Crippen LogP contribution in [0.15, 0.2) is 15.1 Å². The molecular formula is C15H17N5O2. The third-order valence-electron chi connectivity index (χ3n) is 4.16. The topological polar surface area (TPSA) is 82.8 Å². The molecule has 3 aromatic heterocycles. The Hall–Kier alpha value is -2.44. The van der Waals surface area contributed by atoms with Crippen molar-refractivity contribution in [1.29, 1.82) is 0 Å². The summed E-state index contributed by atoms with van der Waals surface area (Å²) in [4.78, 5) is 0. The van der Waals surface area contributed by atoms with Gasteiger partial charge in [0.2, 0.25) is 0 Å². The van der Waals surface area contributed by atoms with Crippen LogP contribution in [0.2, 0.25) is 0 Å². The van der Waals surface area contributed by atoms with Crippen LogP contribution in [0.4, 0.5) is 0 Å². The van der Waals surface area contributed by atoms with Gasteiger partial charge in [0, 0.05) is 25.2 Å². The highest BCUT2D eigenvalue weighted by Crippen LogP contribution is 2.33. The number of rotatable bonds is 2. The summed E-state index contributed by atoms with van der Waals surface area (Å²) in [7, 11) is 1.86. The monoisotopic (exact) mass is 299 g/mol. The summed E-state index contributed by atoms with van der Waals surface area (Å²) in [6.07, 6.45) is 4.86. The summed E-state index contributed by atoms with van der Waals surface area (Å²) in [6.45, 7) is 4.15. The first-order valence-electron chi connectivity index (χ1n) is 7.43. The summed E-state index contributed by atoms with van der Waals surface area (Å²) in [5, 5.41) is 16.7. The summed E-state index contributed by atoms with van der Waals surface area (Å²) in [5.41, 5.74) is 3.49. The number of aryl methyl sites for hydroxylation is 3. The fraction of sp³-hybridized carbons (Fsp3) is 0.467. The molecule has 3 aromatic rings. The van der Waals surface area contributed by atoms with Gasteiger partial charge >= 0.3 is 0 Å². The van der Waals surface area contributed by atoms with E-state index in [1.807, 2.05) is 20.2 Å². The quantitative estimate of drug-likeness (QED) is 0.723. The zero-order valence-corrected chi connectivity index (χ0v) is 12.8. The minimum absolute atomic E-state index is 0.414. The van der Waals surface area contributed by atoms with Gasteiger partial charge in [0.1, 0.15) is 5.76 Å². The van der Waals surface area contributed by atoms with Crippen molar-refractivity contribution in [2.24, 2.45) is 13.0 Å². The van der Waals surface area contributed by atoms with Crippen LogP contribution in [0, 0.1) is 12.8 Å². The molecule has 0 amide bonds. The first kappa shape index (κ1) is 13.2. The van der Waals surface area contributed by atoms with Crippen LogP contribution in [-0.4, -0.2) is 25.1 Å². The first-order valence-corrected chi connectivity index (χ1v) is 7.43. The summed E-state index contributed by atoms with van der Waals surface area (Å²) < 4.78 is 13.0. The van der Waals surface area contributed by atoms with Gasteiger partial charge in [-0.2, -0.15) is 5.10 Å². The fourth-order valence-corrected chi connectivity index (χ4v) is 2.98. The molecule has 7 heteroatoms. The molecule has 0 saturated carbocycles. The second-order valence-electron chi connectivity index (χ2n) is 6.00. The standard InChI is InChI=1S/C15H17N5O2/c1-8-4-5-12-10(6-8)13(19-22-12)15-17-16-14(21-15)11-7-20(3)18-9(11)2/h7-8H,4-6H2,1-3H3. The van der Waals surface area contributed by atoms with E-state index in [0.717, 1.165) is 41.8 Å². The zero-order valence-electron chi connectivity index (χ0n) is 12.8. The maximum absolute atomic E-state index is 5.81. The fourth-order valence-electron chi connectivity index (χ4n) is 2.98. The van der Waals surface area contributed by atoms with Crippen LogP contribution < -0.4 is 0 Å². The van der Waals surface area contributed by atoms with E-state index in [0.29, 0.717) is 23.4 Å². The molecule has 1 unspecified atom stereocenters. The summed E-state index contributed by atoms with van der Waals surface area (Å²) >= 11 is 0. The van der Waals surface area contributed by atoms with E-state index in [1.54, 1.807) is 4.68 Å². The Bertz CT molecular complexity index is 829. The maximum Gasteiger partial charge on any atom is 0.270 e. The third-order valence-corrected chi connectivity index (χ3v) is 4.16. The van der Waals surface area contributed by atoms with Gasteiger partial charge in [-0.25, -0.2) is 0 Å². The van der Waals surface area contributed by atoms with Gasteiger partial charge in [-0.15, -0.1) is 10.2 Å². The smallest absolute Gasteiger partial charge is 0.270 e. The Morgan fingerprint density at radius 3 is 2.86 bits per heavy atom. The summed E-state index contributed by atoms with van der Waals surface area (Å²) in [5.74, 6) is 2.44. The van der Waals surface area contributed by atoms with Gasteiger partial charge in [-0.1, -0.05) is 12.1 Å². The number of hydrogen-bond acceptors (Lipinski definition) is 6. The Labute approximate surface area is 127 Å². The zero-order chi connectivity index (χ0) is 15.3. The van der Waals surface area contributed by atoms with Crippen LogP contribution in [0.1, 0.15) is 30.4 Å². The molecule has 114 valence electrons. The van der Waals surface area contributed by atoms with Gasteiger partial charge in [0.25, 0.3) is 11.8 Å². The Morgan fingerprint density at radius 2 is 2.09 bits per heavy atom. The lowest BCUT2D eigenvalue weighted by molar-refractivity contribution is 0.356. The number of fused-ring (bicyclic) bond motifs is 1. The lowest BCUT2D eigenvalue weighted by Gasteiger charge is -2.15. The molecule has 4 rings (SSSR count). The second kappa shape index (κ2) is 4.79. The van der Waals surface area contributed by atoms with Crippen LogP contribution in [0.5, 0.6) is 0 Å². The van der Waals surface area contributed by atoms with Crippen molar-refractivity contribution in [1.82, 2.24) is 25.1 Å². The highest BCUT2D eigenvalue weighted by molar-refractivity contribution is 5.59. The van der Waals surface area contributed by atoms with Gasteiger partial charge in [-0.05, 0) is 25.7 Å².